The lowest BCUT2D eigenvalue weighted by Crippen LogP contribution is -2.00. The molecule has 2 aromatic heterocycles. The zero-order valence-electron chi connectivity index (χ0n) is 8.97. The predicted octanol–water partition coefficient (Wildman–Crippen LogP) is 1.45. The van der Waals surface area contributed by atoms with Crippen molar-refractivity contribution in [2.75, 3.05) is 5.75 Å². The van der Waals surface area contributed by atoms with Crippen LogP contribution in [0.3, 0.4) is 0 Å². The van der Waals surface area contributed by atoms with E-state index in [1.165, 1.54) is 11.8 Å². The van der Waals surface area contributed by atoms with Crippen molar-refractivity contribution in [2.45, 2.75) is 12.1 Å². The predicted molar refractivity (Wildman–Crippen MR) is 61.6 cm³/mol. The number of aliphatic carboxylic acids is 1. The number of hydrogen-bond donors (Lipinski definition) is 1. The first-order valence-corrected chi connectivity index (χ1v) is 5.71. The van der Waals surface area contributed by atoms with E-state index in [0.29, 0.717) is 5.16 Å². The fourth-order valence-corrected chi connectivity index (χ4v) is 2.12. The smallest absolute Gasteiger partial charge is 0.313 e. The number of carboxylic acid groups (broad SMARTS) is 1. The largest absolute Gasteiger partial charge is 0.481 e. The number of imidazole rings is 1. The van der Waals surface area contributed by atoms with Gasteiger partial charge in [-0.3, -0.25) is 4.79 Å². The minimum absolute atomic E-state index is 0.0101. The highest BCUT2D eigenvalue weighted by Crippen LogP contribution is 2.22. The molecule has 0 atom stereocenters. The second-order valence-corrected chi connectivity index (χ2v) is 4.38. The van der Waals surface area contributed by atoms with Crippen LogP contribution in [0.1, 0.15) is 5.56 Å². The highest BCUT2D eigenvalue weighted by Gasteiger charge is 2.11. The number of aryl methyl sites for hydroxylation is 2. The lowest BCUT2D eigenvalue weighted by atomic mass is 10.3. The molecule has 2 heterocycles. The van der Waals surface area contributed by atoms with E-state index in [9.17, 15) is 4.79 Å². The molecule has 2 rings (SSSR count). The molecule has 0 fully saturated rings. The minimum atomic E-state index is -0.846. The van der Waals surface area contributed by atoms with E-state index in [-0.39, 0.29) is 5.75 Å². The maximum absolute atomic E-state index is 10.5. The Bertz CT molecular complexity index is 550. The average Bonchev–Trinajstić information content (AvgIpc) is 2.55. The number of aromatic nitrogens is 3. The maximum Gasteiger partial charge on any atom is 0.313 e. The van der Waals surface area contributed by atoms with Crippen molar-refractivity contribution in [1.82, 2.24) is 14.5 Å². The molecule has 0 spiro atoms. The Morgan fingerprint density at radius 3 is 3.00 bits per heavy atom. The molecule has 1 N–H and O–H groups in total. The van der Waals surface area contributed by atoms with Crippen LogP contribution in [-0.4, -0.2) is 31.4 Å². The van der Waals surface area contributed by atoms with E-state index < -0.39 is 5.97 Å². The van der Waals surface area contributed by atoms with Gasteiger partial charge in [0.1, 0.15) is 5.52 Å². The summed E-state index contributed by atoms with van der Waals surface area (Å²) in [4.78, 5) is 19.1. The summed E-state index contributed by atoms with van der Waals surface area (Å²) < 4.78 is 1.82. The Morgan fingerprint density at radius 1 is 1.62 bits per heavy atom. The van der Waals surface area contributed by atoms with Crippen LogP contribution < -0.4 is 0 Å². The molecule has 0 bridgehead atoms. The lowest BCUT2D eigenvalue weighted by molar-refractivity contribution is -0.133. The summed E-state index contributed by atoms with van der Waals surface area (Å²) in [5.74, 6) is -0.835. The molecule has 16 heavy (non-hydrogen) atoms. The van der Waals surface area contributed by atoms with Crippen molar-refractivity contribution in [2.24, 2.45) is 7.05 Å². The van der Waals surface area contributed by atoms with Gasteiger partial charge >= 0.3 is 5.97 Å². The first kappa shape index (κ1) is 10.9. The van der Waals surface area contributed by atoms with E-state index >= 15 is 0 Å². The molecule has 0 saturated heterocycles. The standard InChI is InChI=1S/C10H11N3O2S/c1-6-3-4-11-9-8(6)12-10(13(9)2)16-5-7(14)15/h3-4H,5H2,1-2H3,(H,14,15). The van der Waals surface area contributed by atoms with Gasteiger partial charge in [0.2, 0.25) is 0 Å². The summed E-state index contributed by atoms with van der Waals surface area (Å²) in [5, 5.41) is 9.30. The van der Waals surface area contributed by atoms with Gasteiger partial charge in [0.15, 0.2) is 10.8 Å². The minimum Gasteiger partial charge on any atom is -0.481 e. The lowest BCUT2D eigenvalue weighted by Gasteiger charge is -1.98. The Kier molecular flexibility index (Phi) is 2.82. The van der Waals surface area contributed by atoms with Crippen LogP contribution in [0.15, 0.2) is 17.4 Å². The summed E-state index contributed by atoms with van der Waals surface area (Å²) in [5.41, 5.74) is 2.66. The van der Waals surface area contributed by atoms with Crippen LogP contribution in [0.4, 0.5) is 0 Å². The van der Waals surface area contributed by atoms with Gasteiger partial charge in [-0.15, -0.1) is 0 Å². The quantitative estimate of drug-likeness (QED) is 0.818. The Balaban J connectivity index is 2.44. The third-order valence-corrected chi connectivity index (χ3v) is 3.26. The van der Waals surface area contributed by atoms with Crippen LogP contribution >= 0.6 is 11.8 Å². The van der Waals surface area contributed by atoms with Gasteiger partial charge in [0, 0.05) is 13.2 Å². The fraction of sp³-hybridized carbons (Fsp3) is 0.300. The average molecular weight is 237 g/mol. The van der Waals surface area contributed by atoms with Gasteiger partial charge in [-0.2, -0.15) is 0 Å². The molecular weight excluding hydrogens is 226 g/mol. The molecule has 0 radical (unpaired) electrons. The third-order valence-electron chi connectivity index (χ3n) is 2.24. The first-order valence-electron chi connectivity index (χ1n) is 4.72. The molecule has 0 aromatic carbocycles. The molecule has 0 aliphatic rings. The van der Waals surface area contributed by atoms with Crippen molar-refractivity contribution in [3.63, 3.8) is 0 Å². The second-order valence-electron chi connectivity index (χ2n) is 3.44. The van der Waals surface area contributed by atoms with Crippen molar-refractivity contribution in [3.8, 4) is 0 Å². The van der Waals surface area contributed by atoms with Crippen LogP contribution in [-0.2, 0) is 11.8 Å². The van der Waals surface area contributed by atoms with Crippen LogP contribution in [0.5, 0.6) is 0 Å². The Labute approximate surface area is 96.5 Å². The maximum atomic E-state index is 10.5. The van der Waals surface area contributed by atoms with E-state index in [2.05, 4.69) is 9.97 Å². The summed E-state index contributed by atoms with van der Waals surface area (Å²) >= 11 is 1.20. The van der Waals surface area contributed by atoms with Gasteiger partial charge in [-0.25, -0.2) is 9.97 Å². The summed E-state index contributed by atoms with van der Waals surface area (Å²) in [6, 6.07) is 1.89. The van der Waals surface area contributed by atoms with Crippen LogP contribution in [0.2, 0.25) is 0 Å². The van der Waals surface area contributed by atoms with Crippen molar-refractivity contribution in [3.05, 3.63) is 17.8 Å². The molecule has 0 aliphatic carbocycles. The number of carbonyl (C=O) groups is 1. The Hall–Kier alpha value is -1.56. The SMILES string of the molecule is Cc1ccnc2c1nc(SCC(=O)O)n2C. The summed E-state index contributed by atoms with van der Waals surface area (Å²) in [7, 11) is 1.84. The van der Waals surface area contributed by atoms with Crippen LogP contribution in [0.25, 0.3) is 11.2 Å². The van der Waals surface area contributed by atoms with E-state index in [4.69, 9.17) is 5.11 Å². The summed E-state index contributed by atoms with van der Waals surface area (Å²) in [6.45, 7) is 1.96. The number of pyridine rings is 1. The number of carboxylic acids is 1. The van der Waals surface area contributed by atoms with Gasteiger partial charge in [0.05, 0.1) is 5.75 Å². The second kappa shape index (κ2) is 4.13. The van der Waals surface area contributed by atoms with Gasteiger partial charge in [-0.1, -0.05) is 11.8 Å². The van der Waals surface area contributed by atoms with Crippen molar-refractivity contribution >= 4 is 28.9 Å². The highest BCUT2D eigenvalue weighted by atomic mass is 32.2. The molecule has 6 heteroatoms. The van der Waals surface area contributed by atoms with E-state index in [1.54, 1.807) is 6.20 Å². The third kappa shape index (κ3) is 1.88. The molecule has 0 unspecified atom stereocenters. The molecule has 2 aromatic rings. The first-order chi connectivity index (χ1) is 7.59. The summed E-state index contributed by atoms with van der Waals surface area (Å²) in [6.07, 6.45) is 1.73. The molecule has 0 amide bonds. The van der Waals surface area contributed by atoms with Gasteiger partial charge in [0.25, 0.3) is 0 Å². The van der Waals surface area contributed by atoms with Crippen molar-refractivity contribution in [1.29, 1.82) is 0 Å². The molecule has 5 nitrogen and oxygen atoms in total. The number of rotatable bonds is 3. The topological polar surface area (TPSA) is 68.0 Å². The molecule has 84 valence electrons. The Morgan fingerprint density at radius 2 is 2.38 bits per heavy atom. The zero-order valence-corrected chi connectivity index (χ0v) is 9.78. The van der Waals surface area contributed by atoms with Gasteiger partial charge in [-0.05, 0) is 18.6 Å². The van der Waals surface area contributed by atoms with E-state index in [0.717, 1.165) is 16.7 Å². The van der Waals surface area contributed by atoms with E-state index in [1.807, 2.05) is 24.6 Å². The fourth-order valence-electron chi connectivity index (χ4n) is 1.44. The van der Waals surface area contributed by atoms with Crippen molar-refractivity contribution < 1.29 is 9.90 Å². The van der Waals surface area contributed by atoms with Gasteiger partial charge < -0.3 is 9.67 Å². The molecule has 0 saturated carbocycles. The number of thioether (sulfide) groups is 1. The molecule has 0 aliphatic heterocycles. The number of fused-ring (bicyclic) bond motifs is 1. The van der Waals surface area contributed by atoms with Crippen LogP contribution in [0, 0.1) is 6.92 Å². The number of hydrogen-bond acceptors (Lipinski definition) is 4. The number of nitrogens with zero attached hydrogens (tertiary/aromatic N) is 3. The zero-order chi connectivity index (χ0) is 11.7. The monoisotopic (exact) mass is 237 g/mol. The molecular formula is C10H11N3O2S. The highest BCUT2D eigenvalue weighted by molar-refractivity contribution is 7.99. The normalized spacial score (nSPS) is 10.9.